The van der Waals surface area contributed by atoms with Crippen LogP contribution >= 0.6 is 0 Å². The molecule has 2 rings (SSSR count). The van der Waals surface area contributed by atoms with Gasteiger partial charge in [-0.05, 0) is 55.3 Å². The number of nitriles is 1. The molecule has 0 aliphatic rings. The van der Waals surface area contributed by atoms with E-state index in [4.69, 9.17) is 5.26 Å². The molecule has 0 heterocycles. The van der Waals surface area contributed by atoms with E-state index in [1.165, 1.54) is 11.8 Å². The molecule has 0 saturated heterocycles. The number of anilines is 2. The topological polar surface area (TPSA) is 73.2 Å². The van der Waals surface area contributed by atoms with Crippen molar-refractivity contribution in [2.24, 2.45) is 0 Å². The van der Waals surface area contributed by atoms with Crippen molar-refractivity contribution < 1.29 is 9.59 Å². The van der Waals surface area contributed by atoms with Gasteiger partial charge in [0.1, 0.15) is 0 Å². The number of carbonyl (C=O) groups excluding carboxylic acids is 2. The van der Waals surface area contributed by atoms with E-state index in [1.807, 2.05) is 32.0 Å². The van der Waals surface area contributed by atoms with Gasteiger partial charge in [0.15, 0.2) is 0 Å². The summed E-state index contributed by atoms with van der Waals surface area (Å²) in [4.78, 5) is 25.6. The number of nitrogens with one attached hydrogen (secondary N) is 1. The zero-order valence-corrected chi connectivity index (χ0v) is 14.7. The van der Waals surface area contributed by atoms with Crippen LogP contribution in [0.2, 0.25) is 0 Å². The van der Waals surface area contributed by atoms with Crippen LogP contribution in [0.5, 0.6) is 0 Å². The van der Waals surface area contributed by atoms with Gasteiger partial charge in [-0.2, -0.15) is 5.26 Å². The number of amides is 2. The highest BCUT2D eigenvalue weighted by atomic mass is 16.2. The number of rotatable bonds is 5. The second-order valence-electron chi connectivity index (χ2n) is 5.93. The van der Waals surface area contributed by atoms with Crippen molar-refractivity contribution in [3.8, 4) is 6.07 Å². The maximum atomic E-state index is 12.2. The Bertz CT molecular complexity index is 837. The van der Waals surface area contributed by atoms with E-state index >= 15 is 0 Å². The largest absolute Gasteiger partial charge is 0.326 e. The first-order chi connectivity index (χ1) is 11.9. The van der Waals surface area contributed by atoms with E-state index in [1.54, 1.807) is 24.3 Å². The van der Waals surface area contributed by atoms with Crippen LogP contribution in [0.3, 0.4) is 0 Å². The van der Waals surface area contributed by atoms with Gasteiger partial charge < -0.3 is 10.2 Å². The fourth-order valence-electron chi connectivity index (χ4n) is 2.47. The zero-order valence-electron chi connectivity index (χ0n) is 14.7. The molecule has 2 amide bonds. The predicted octanol–water partition coefficient (Wildman–Crippen LogP) is 3.56. The minimum absolute atomic E-state index is 0.161. The molecule has 5 heteroatoms. The summed E-state index contributed by atoms with van der Waals surface area (Å²) < 4.78 is 0. The molecule has 0 saturated carbocycles. The van der Waals surface area contributed by atoms with Gasteiger partial charge in [-0.15, -0.1) is 0 Å². The van der Waals surface area contributed by atoms with Crippen LogP contribution in [-0.4, -0.2) is 18.4 Å². The Morgan fingerprint density at radius 2 is 1.88 bits per heavy atom. The molecule has 0 fully saturated rings. The van der Waals surface area contributed by atoms with Crippen LogP contribution in [0.25, 0.3) is 0 Å². The van der Waals surface area contributed by atoms with E-state index < -0.39 is 0 Å². The highest BCUT2D eigenvalue weighted by Gasteiger charge is 2.14. The molecule has 0 aliphatic heterocycles. The molecule has 0 aromatic heterocycles. The van der Waals surface area contributed by atoms with Crippen LogP contribution in [0.1, 0.15) is 30.0 Å². The molecule has 0 spiro atoms. The van der Waals surface area contributed by atoms with E-state index in [0.717, 1.165) is 16.8 Å². The number of hydrogen-bond acceptors (Lipinski definition) is 3. The van der Waals surface area contributed by atoms with Crippen LogP contribution in [-0.2, 0) is 9.59 Å². The lowest BCUT2D eigenvalue weighted by Crippen LogP contribution is -2.32. The summed E-state index contributed by atoms with van der Waals surface area (Å²) in [6.07, 6.45) is 0.170. The molecule has 25 heavy (non-hydrogen) atoms. The summed E-state index contributed by atoms with van der Waals surface area (Å²) in [5.74, 6) is -0.333. The lowest BCUT2D eigenvalue weighted by molar-refractivity contribution is -0.117. The summed E-state index contributed by atoms with van der Waals surface area (Å²) >= 11 is 0. The maximum Gasteiger partial charge on any atom is 0.226 e. The third kappa shape index (κ3) is 4.92. The van der Waals surface area contributed by atoms with Crippen molar-refractivity contribution in [1.29, 1.82) is 5.26 Å². The SMILES string of the molecule is CC(=O)N(CCC(=O)Nc1ccc(C)c(C)c1)c1cccc(C#N)c1. The molecule has 1 N–H and O–H groups in total. The van der Waals surface area contributed by atoms with Crippen LogP contribution in [0, 0.1) is 25.2 Å². The fraction of sp³-hybridized carbons (Fsp3) is 0.250. The van der Waals surface area contributed by atoms with Gasteiger partial charge in [0, 0.05) is 31.3 Å². The quantitative estimate of drug-likeness (QED) is 0.908. The van der Waals surface area contributed by atoms with Crippen molar-refractivity contribution in [2.45, 2.75) is 27.2 Å². The minimum atomic E-state index is -0.172. The summed E-state index contributed by atoms with van der Waals surface area (Å²) in [7, 11) is 0. The minimum Gasteiger partial charge on any atom is -0.326 e. The van der Waals surface area contributed by atoms with Crippen molar-refractivity contribution in [2.75, 3.05) is 16.8 Å². The average Bonchev–Trinajstić information content (AvgIpc) is 2.58. The molecule has 128 valence electrons. The molecule has 0 bridgehead atoms. The number of benzene rings is 2. The third-order valence-corrected chi connectivity index (χ3v) is 4.02. The standard InChI is InChI=1S/C20H21N3O2/c1-14-7-8-18(11-15(14)2)22-20(25)9-10-23(16(3)24)19-6-4-5-17(12-19)13-21/h4-8,11-12H,9-10H2,1-3H3,(H,22,25). The first kappa shape index (κ1) is 18.2. The number of aryl methyl sites for hydroxylation is 2. The highest BCUT2D eigenvalue weighted by Crippen LogP contribution is 2.18. The van der Waals surface area contributed by atoms with Crippen LogP contribution in [0.15, 0.2) is 42.5 Å². The average molecular weight is 335 g/mol. The van der Waals surface area contributed by atoms with Crippen molar-refractivity contribution in [1.82, 2.24) is 0 Å². The highest BCUT2D eigenvalue weighted by molar-refractivity contribution is 5.95. The third-order valence-electron chi connectivity index (χ3n) is 4.02. The van der Waals surface area contributed by atoms with Crippen molar-refractivity contribution in [3.63, 3.8) is 0 Å². The van der Waals surface area contributed by atoms with E-state index in [-0.39, 0.29) is 24.8 Å². The predicted molar refractivity (Wildman–Crippen MR) is 98.3 cm³/mol. The maximum absolute atomic E-state index is 12.2. The van der Waals surface area contributed by atoms with Gasteiger partial charge in [-0.1, -0.05) is 12.1 Å². The normalized spacial score (nSPS) is 10.0. The molecule has 0 atom stereocenters. The Morgan fingerprint density at radius 1 is 1.12 bits per heavy atom. The Kier molecular flexibility index (Phi) is 5.91. The summed E-state index contributed by atoms with van der Waals surface area (Å²) in [5.41, 5.74) is 4.11. The second-order valence-corrected chi connectivity index (χ2v) is 5.93. The molecular formula is C20H21N3O2. The summed E-state index contributed by atoms with van der Waals surface area (Å²) in [6, 6.07) is 14.6. The molecule has 2 aromatic rings. The number of hydrogen-bond donors (Lipinski definition) is 1. The second kappa shape index (κ2) is 8.11. The van der Waals surface area contributed by atoms with Crippen LogP contribution < -0.4 is 10.2 Å². The monoisotopic (exact) mass is 335 g/mol. The van der Waals surface area contributed by atoms with Gasteiger partial charge in [0.2, 0.25) is 11.8 Å². The van der Waals surface area contributed by atoms with E-state index in [9.17, 15) is 9.59 Å². The van der Waals surface area contributed by atoms with Crippen LogP contribution in [0.4, 0.5) is 11.4 Å². The first-order valence-electron chi connectivity index (χ1n) is 8.06. The Hall–Kier alpha value is -3.13. The zero-order chi connectivity index (χ0) is 18.4. The van der Waals surface area contributed by atoms with Crippen molar-refractivity contribution in [3.05, 3.63) is 59.2 Å². The van der Waals surface area contributed by atoms with Gasteiger partial charge in [-0.25, -0.2) is 0 Å². The summed E-state index contributed by atoms with van der Waals surface area (Å²) in [6.45, 7) is 5.70. The van der Waals surface area contributed by atoms with Crippen molar-refractivity contribution >= 4 is 23.2 Å². The van der Waals surface area contributed by atoms with E-state index in [0.29, 0.717) is 11.3 Å². The van der Waals surface area contributed by atoms with Gasteiger partial charge in [0.25, 0.3) is 0 Å². The fourth-order valence-corrected chi connectivity index (χ4v) is 2.47. The smallest absolute Gasteiger partial charge is 0.226 e. The molecule has 2 aromatic carbocycles. The molecular weight excluding hydrogens is 314 g/mol. The summed E-state index contributed by atoms with van der Waals surface area (Å²) in [5, 5.41) is 11.8. The molecule has 0 aliphatic carbocycles. The molecule has 5 nitrogen and oxygen atoms in total. The van der Waals surface area contributed by atoms with E-state index in [2.05, 4.69) is 11.4 Å². The molecule has 0 radical (unpaired) electrons. The first-order valence-corrected chi connectivity index (χ1v) is 8.06. The molecule has 0 unspecified atom stereocenters. The van der Waals surface area contributed by atoms with Gasteiger partial charge in [-0.3, -0.25) is 9.59 Å². The Labute approximate surface area is 147 Å². The van der Waals surface area contributed by atoms with Gasteiger partial charge >= 0.3 is 0 Å². The van der Waals surface area contributed by atoms with Gasteiger partial charge in [0.05, 0.1) is 11.6 Å². The number of nitrogens with zero attached hydrogens (tertiary/aromatic N) is 2. The Morgan fingerprint density at radius 3 is 2.52 bits per heavy atom. The lowest BCUT2D eigenvalue weighted by Gasteiger charge is -2.21. The Balaban J connectivity index is 2.03. The lowest BCUT2D eigenvalue weighted by atomic mass is 10.1. The number of carbonyl (C=O) groups is 2.